The number of hydrogen-bond donors (Lipinski definition) is 0. The van der Waals surface area contributed by atoms with E-state index in [1.54, 1.807) is 31.2 Å². The molecule has 0 aliphatic heterocycles. The fourth-order valence-corrected chi connectivity index (χ4v) is 3.69. The highest BCUT2D eigenvalue weighted by molar-refractivity contribution is 9.10. The maximum Gasteiger partial charge on any atom is 0.342 e. The number of tetrazole rings is 1. The van der Waals surface area contributed by atoms with E-state index in [4.69, 9.17) is 8.92 Å². The summed E-state index contributed by atoms with van der Waals surface area (Å²) < 4.78 is 38.0. The van der Waals surface area contributed by atoms with Gasteiger partial charge in [-0.1, -0.05) is 22.0 Å². The molecule has 3 aromatic rings. The number of halogens is 1. The fourth-order valence-electron chi connectivity index (χ4n) is 2.08. The van der Waals surface area contributed by atoms with Gasteiger partial charge in [-0.05, 0) is 47.7 Å². The van der Waals surface area contributed by atoms with Crippen molar-refractivity contribution >= 4 is 26.0 Å². The molecule has 0 saturated heterocycles. The molecule has 1 aromatic heterocycles. The van der Waals surface area contributed by atoms with Gasteiger partial charge in [0.25, 0.3) is 0 Å². The highest BCUT2D eigenvalue weighted by atomic mass is 79.9. The Morgan fingerprint density at radius 3 is 2.76 bits per heavy atom. The van der Waals surface area contributed by atoms with Crippen molar-refractivity contribution in [3.63, 3.8) is 0 Å². The van der Waals surface area contributed by atoms with Crippen LogP contribution >= 0.6 is 15.9 Å². The molecule has 1 heterocycles. The standard InChI is InChI=1S/C15H13BrN4O4S/c1-2-23-14-7-6-11(16)8-15(14)25(21,22)24-13-5-3-4-12(9-13)20-10-17-18-19-20/h3-10H,2H2,1H3. The van der Waals surface area contributed by atoms with E-state index in [9.17, 15) is 8.42 Å². The molecular formula is C15H13BrN4O4S. The Hall–Kier alpha value is -2.46. The van der Waals surface area contributed by atoms with E-state index in [1.165, 1.54) is 29.2 Å². The number of aromatic nitrogens is 4. The molecule has 0 spiro atoms. The van der Waals surface area contributed by atoms with Gasteiger partial charge < -0.3 is 8.92 Å². The molecule has 0 saturated carbocycles. The third-order valence-electron chi connectivity index (χ3n) is 3.11. The number of ether oxygens (including phenoxy) is 1. The van der Waals surface area contributed by atoms with Crippen LogP contribution in [0.15, 0.2) is 58.2 Å². The SMILES string of the molecule is CCOc1ccc(Br)cc1S(=O)(=O)Oc1cccc(-n2cnnn2)c1. The number of benzene rings is 2. The van der Waals surface area contributed by atoms with E-state index in [0.29, 0.717) is 16.8 Å². The molecule has 10 heteroatoms. The second-order valence-corrected chi connectivity index (χ2v) is 7.24. The zero-order valence-electron chi connectivity index (χ0n) is 13.0. The Bertz CT molecular complexity index is 977. The van der Waals surface area contributed by atoms with Crippen molar-refractivity contribution in [3.8, 4) is 17.2 Å². The van der Waals surface area contributed by atoms with Crippen LogP contribution in [0.3, 0.4) is 0 Å². The average molecular weight is 425 g/mol. The molecule has 0 amide bonds. The van der Waals surface area contributed by atoms with E-state index in [1.807, 2.05) is 0 Å². The lowest BCUT2D eigenvalue weighted by Gasteiger charge is -2.12. The Balaban J connectivity index is 1.95. The summed E-state index contributed by atoms with van der Waals surface area (Å²) in [7, 11) is -4.09. The first-order valence-electron chi connectivity index (χ1n) is 7.20. The van der Waals surface area contributed by atoms with Gasteiger partial charge in [0.15, 0.2) is 0 Å². The van der Waals surface area contributed by atoms with Crippen LogP contribution in [0.1, 0.15) is 6.92 Å². The summed E-state index contributed by atoms with van der Waals surface area (Å²) in [6.45, 7) is 2.11. The van der Waals surface area contributed by atoms with E-state index in [-0.39, 0.29) is 16.4 Å². The van der Waals surface area contributed by atoms with Gasteiger partial charge in [0, 0.05) is 10.5 Å². The summed E-state index contributed by atoms with van der Waals surface area (Å²) in [6.07, 6.45) is 1.40. The number of hydrogen-bond acceptors (Lipinski definition) is 7. The summed E-state index contributed by atoms with van der Waals surface area (Å²) >= 11 is 3.26. The van der Waals surface area contributed by atoms with Crippen LogP contribution in [0.2, 0.25) is 0 Å². The van der Waals surface area contributed by atoms with Crippen LogP contribution < -0.4 is 8.92 Å². The van der Waals surface area contributed by atoms with E-state index in [2.05, 4.69) is 31.5 Å². The van der Waals surface area contributed by atoms with Crippen molar-refractivity contribution in [2.45, 2.75) is 11.8 Å². The minimum Gasteiger partial charge on any atom is -0.492 e. The van der Waals surface area contributed by atoms with Crippen molar-refractivity contribution in [2.75, 3.05) is 6.61 Å². The third kappa shape index (κ3) is 3.97. The molecule has 0 unspecified atom stereocenters. The quantitative estimate of drug-likeness (QED) is 0.560. The van der Waals surface area contributed by atoms with Gasteiger partial charge in [0.2, 0.25) is 0 Å². The molecule has 0 aliphatic rings. The van der Waals surface area contributed by atoms with Crippen LogP contribution in [0.5, 0.6) is 11.5 Å². The van der Waals surface area contributed by atoms with Gasteiger partial charge in [0.05, 0.1) is 12.3 Å². The molecule has 0 atom stereocenters. The van der Waals surface area contributed by atoms with Crippen molar-refractivity contribution in [3.05, 3.63) is 53.3 Å². The predicted octanol–water partition coefficient (Wildman–Crippen LogP) is 2.59. The van der Waals surface area contributed by atoms with E-state index < -0.39 is 10.1 Å². The van der Waals surface area contributed by atoms with Crippen molar-refractivity contribution < 1.29 is 17.3 Å². The maximum atomic E-state index is 12.7. The minimum atomic E-state index is -4.09. The van der Waals surface area contributed by atoms with E-state index >= 15 is 0 Å². The largest absolute Gasteiger partial charge is 0.492 e. The van der Waals surface area contributed by atoms with Crippen LogP contribution in [-0.2, 0) is 10.1 Å². The van der Waals surface area contributed by atoms with Gasteiger partial charge in [0.1, 0.15) is 22.7 Å². The lowest BCUT2D eigenvalue weighted by molar-refractivity contribution is 0.329. The fraction of sp³-hybridized carbons (Fsp3) is 0.133. The Labute approximate surface area is 152 Å². The molecular weight excluding hydrogens is 412 g/mol. The second-order valence-electron chi connectivity index (χ2n) is 4.81. The smallest absolute Gasteiger partial charge is 0.342 e. The molecule has 130 valence electrons. The lowest BCUT2D eigenvalue weighted by Crippen LogP contribution is -2.12. The molecule has 3 rings (SSSR count). The molecule has 2 aromatic carbocycles. The molecule has 0 N–H and O–H groups in total. The number of nitrogens with zero attached hydrogens (tertiary/aromatic N) is 4. The predicted molar refractivity (Wildman–Crippen MR) is 92.3 cm³/mol. The van der Waals surface area contributed by atoms with Gasteiger partial charge in [-0.15, -0.1) is 5.10 Å². The molecule has 0 fully saturated rings. The molecule has 0 radical (unpaired) electrons. The lowest BCUT2D eigenvalue weighted by atomic mass is 10.3. The third-order valence-corrected chi connectivity index (χ3v) is 4.87. The maximum absolute atomic E-state index is 12.7. The summed E-state index contributed by atoms with van der Waals surface area (Å²) in [4.78, 5) is -0.0587. The van der Waals surface area contributed by atoms with Gasteiger partial charge in [-0.25, -0.2) is 4.68 Å². The van der Waals surface area contributed by atoms with Crippen molar-refractivity contribution in [2.24, 2.45) is 0 Å². The molecule has 0 aliphatic carbocycles. The van der Waals surface area contributed by atoms with Gasteiger partial charge in [-0.2, -0.15) is 8.42 Å². The first-order valence-corrected chi connectivity index (χ1v) is 9.40. The van der Waals surface area contributed by atoms with Crippen molar-refractivity contribution in [1.82, 2.24) is 20.2 Å². The highest BCUT2D eigenvalue weighted by Crippen LogP contribution is 2.30. The van der Waals surface area contributed by atoms with Crippen molar-refractivity contribution in [1.29, 1.82) is 0 Å². The zero-order chi connectivity index (χ0) is 17.9. The molecule has 25 heavy (non-hydrogen) atoms. The monoisotopic (exact) mass is 424 g/mol. The van der Waals surface area contributed by atoms with Crippen LogP contribution in [0, 0.1) is 0 Å². The summed E-state index contributed by atoms with van der Waals surface area (Å²) in [6, 6.07) is 11.1. The molecule has 0 bridgehead atoms. The summed E-state index contributed by atoms with van der Waals surface area (Å²) in [5.41, 5.74) is 0.567. The average Bonchev–Trinajstić information content (AvgIpc) is 3.11. The highest BCUT2D eigenvalue weighted by Gasteiger charge is 2.23. The first kappa shape index (κ1) is 17.4. The Morgan fingerprint density at radius 2 is 2.04 bits per heavy atom. The second kappa shape index (κ2) is 7.19. The molecule has 8 nitrogen and oxygen atoms in total. The number of rotatable bonds is 6. The topological polar surface area (TPSA) is 96.2 Å². The normalized spacial score (nSPS) is 11.3. The van der Waals surface area contributed by atoms with Crippen LogP contribution in [0.25, 0.3) is 5.69 Å². The zero-order valence-corrected chi connectivity index (χ0v) is 15.4. The summed E-state index contributed by atoms with van der Waals surface area (Å²) in [5.74, 6) is 0.359. The van der Waals surface area contributed by atoms with Gasteiger partial charge in [-0.3, -0.25) is 0 Å². The van der Waals surface area contributed by atoms with E-state index in [0.717, 1.165) is 0 Å². The first-order chi connectivity index (χ1) is 12.0. The van der Waals surface area contributed by atoms with Crippen LogP contribution in [0.4, 0.5) is 0 Å². The van der Waals surface area contributed by atoms with Crippen LogP contribution in [-0.4, -0.2) is 35.2 Å². The Morgan fingerprint density at radius 1 is 1.20 bits per heavy atom. The van der Waals surface area contributed by atoms with Gasteiger partial charge >= 0.3 is 10.1 Å². The Kier molecular flexibility index (Phi) is 5.00. The summed E-state index contributed by atoms with van der Waals surface area (Å²) in [5, 5.41) is 10.8. The minimum absolute atomic E-state index is 0.0587.